The van der Waals surface area contributed by atoms with Crippen LogP contribution >= 0.6 is 0 Å². The molecule has 0 bridgehead atoms. The highest BCUT2D eigenvalue weighted by Gasteiger charge is 2.24. The highest BCUT2D eigenvalue weighted by molar-refractivity contribution is 6.00. The summed E-state index contributed by atoms with van der Waals surface area (Å²) in [5.41, 5.74) is 1.10. The number of rotatable bonds is 6. The first kappa shape index (κ1) is 19.6. The molecule has 0 radical (unpaired) electrons. The minimum Gasteiger partial charge on any atom is -0.379 e. The van der Waals surface area contributed by atoms with Gasteiger partial charge in [0.2, 0.25) is 0 Å². The Morgan fingerprint density at radius 2 is 2.16 bits per heavy atom. The van der Waals surface area contributed by atoms with Gasteiger partial charge in [-0.3, -0.25) is 9.59 Å². The molecule has 1 aliphatic carbocycles. The zero-order valence-electron chi connectivity index (χ0n) is 17.3. The van der Waals surface area contributed by atoms with Crippen molar-refractivity contribution < 1.29 is 9.53 Å². The van der Waals surface area contributed by atoms with Gasteiger partial charge in [-0.2, -0.15) is 9.61 Å². The monoisotopic (exact) mass is 423 g/mol. The van der Waals surface area contributed by atoms with E-state index in [0.717, 1.165) is 25.7 Å². The molecule has 0 unspecified atom stereocenters. The Balaban J connectivity index is 1.48. The number of carbonyl (C=O) groups is 1. The summed E-state index contributed by atoms with van der Waals surface area (Å²) in [6.45, 7) is 1.19. The number of hydrogen-bond acceptors (Lipinski definition) is 7. The van der Waals surface area contributed by atoms with Crippen LogP contribution < -0.4 is 21.5 Å². The standard InChI is InChI=1S/C21H25N7O3/c1-22-18-10-17(25-16-6-3-8-27(21(16)30)14-7-9-31-12-14)26-19-15(11-23-28(18)19)20(29)24-13-4-2-5-13/h3,6,8,10-11,13-14,22H,2,4-5,7,9,12H2,1H3,(H,24,29)(H,25,26)/t14-/m1/s1. The number of fused-ring (bicyclic) bond motifs is 1. The molecule has 2 aliphatic rings. The number of aromatic nitrogens is 4. The third kappa shape index (κ3) is 3.63. The molecule has 1 amide bonds. The van der Waals surface area contributed by atoms with E-state index in [4.69, 9.17) is 4.74 Å². The second-order valence-corrected chi connectivity index (χ2v) is 7.95. The predicted octanol–water partition coefficient (Wildman–Crippen LogP) is 1.92. The zero-order valence-corrected chi connectivity index (χ0v) is 17.3. The average Bonchev–Trinajstić information content (AvgIpc) is 3.41. The largest absolute Gasteiger partial charge is 0.379 e. The Hall–Kier alpha value is -3.40. The number of pyridine rings is 1. The fourth-order valence-electron chi connectivity index (χ4n) is 3.95. The molecule has 1 aliphatic heterocycles. The van der Waals surface area contributed by atoms with Crippen molar-refractivity contribution in [3.8, 4) is 0 Å². The van der Waals surface area contributed by atoms with Gasteiger partial charge < -0.3 is 25.3 Å². The van der Waals surface area contributed by atoms with Crippen molar-refractivity contribution in [1.82, 2.24) is 24.5 Å². The minimum atomic E-state index is -0.185. The van der Waals surface area contributed by atoms with Crippen LogP contribution in [0, 0.1) is 0 Å². The molecule has 3 aromatic heterocycles. The molecule has 0 spiro atoms. The summed E-state index contributed by atoms with van der Waals surface area (Å²) in [5, 5.41) is 13.5. The Morgan fingerprint density at radius 3 is 2.87 bits per heavy atom. The van der Waals surface area contributed by atoms with Crippen molar-refractivity contribution >= 4 is 28.9 Å². The van der Waals surface area contributed by atoms with Crippen LogP contribution in [0.25, 0.3) is 5.65 Å². The predicted molar refractivity (Wildman–Crippen MR) is 116 cm³/mol. The molecule has 3 N–H and O–H groups in total. The van der Waals surface area contributed by atoms with Gasteiger partial charge in [-0.15, -0.1) is 0 Å². The first-order valence-electron chi connectivity index (χ1n) is 10.6. The van der Waals surface area contributed by atoms with Gasteiger partial charge in [0.15, 0.2) is 5.65 Å². The second-order valence-electron chi connectivity index (χ2n) is 7.95. The lowest BCUT2D eigenvalue weighted by atomic mass is 9.93. The number of ether oxygens (including phenoxy) is 1. The van der Waals surface area contributed by atoms with Crippen molar-refractivity contribution in [3.05, 3.63) is 46.5 Å². The van der Waals surface area contributed by atoms with Crippen molar-refractivity contribution in [2.75, 3.05) is 30.9 Å². The number of nitrogens with zero attached hydrogens (tertiary/aromatic N) is 4. The van der Waals surface area contributed by atoms with E-state index < -0.39 is 0 Å². The summed E-state index contributed by atoms with van der Waals surface area (Å²) in [7, 11) is 1.77. The van der Waals surface area contributed by atoms with Crippen LogP contribution in [0.4, 0.5) is 17.3 Å². The molecule has 3 aromatic rings. The van der Waals surface area contributed by atoms with Crippen molar-refractivity contribution in [3.63, 3.8) is 0 Å². The molecule has 5 rings (SSSR count). The molecular formula is C21H25N7O3. The smallest absolute Gasteiger partial charge is 0.274 e. The number of carbonyl (C=O) groups excluding carboxylic acids is 1. The summed E-state index contributed by atoms with van der Waals surface area (Å²) in [5.74, 6) is 0.915. The highest BCUT2D eigenvalue weighted by Crippen LogP contribution is 2.23. The minimum absolute atomic E-state index is 0.0363. The molecule has 10 nitrogen and oxygen atoms in total. The van der Waals surface area contributed by atoms with Crippen LogP contribution in [-0.4, -0.2) is 51.4 Å². The molecule has 31 heavy (non-hydrogen) atoms. The van der Waals surface area contributed by atoms with E-state index in [2.05, 4.69) is 26.0 Å². The molecular weight excluding hydrogens is 398 g/mol. The lowest BCUT2D eigenvalue weighted by molar-refractivity contribution is 0.0918. The van der Waals surface area contributed by atoms with Gasteiger partial charge in [0, 0.05) is 32.0 Å². The van der Waals surface area contributed by atoms with Crippen LogP contribution in [0.5, 0.6) is 0 Å². The molecule has 10 heteroatoms. The fourth-order valence-corrected chi connectivity index (χ4v) is 3.95. The topological polar surface area (TPSA) is 115 Å². The van der Waals surface area contributed by atoms with E-state index in [-0.39, 0.29) is 23.6 Å². The third-order valence-electron chi connectivity index (χ3n) is 5.95. The first-order valence-corrected chi connectivity index (χ1v) is 10.6. The van der Waals surface area contributed by atoms with Gasteiger partial charge in [0.25, 0.3) is 11.5 Å². The maximum atomic E-state index is 13.0. The van der Waals surface area contributed by atoms with E-state index in [1.807, 2.05) is 6.07 Å². The SMILES string of the molecule is CNc1cc(Nc2cccn([C@@H]3CCOC3)c2=O)nc2c(C(=O)NC3CCC3)cnn12. The third-order valence-corrected chi connectivity index (χ3v) is 5.95. The van der Waals surface area contributed by atoms with Crippen LogP contribution in [0.1, 0.15) is 42.1 Å². The van der Waals surface area contributed by atoms with Gasteiger partial charge in [-0.05, 0) is 37.8 Å². The van der Waals surface area contributed by atoms with Gasteiger partial charge in [0.05, 0.1) is 18.8 Å². The summed E-state index contributed by atoms with van der Waals surface area (Å²) in [6, 6.07) is 5.56. The van der Waals surface area contributed by atoms with Crippen molar-refractivity contribution in [2.24, 2.45) is 0 Å². The zero-order chi connectivity index (χ0) is 21.4. The van der Waals surface area contributed by atoms with Gasteiger partial charge in [-0.1, -0.05) is 0 Å². The maximum Gasteiger partial charge on any atom is 0.274 e. The molecule has 2 fully saturated rings. The Morgan fingerprint density at radius 1 is 1.29 bits per heavy atom. The van der Waals surface area contributed by atoms with Crippen LogP contribution in [0.2, 0.25) is 0 Å². The fraction of sp³-hybridized carbons (Fsp3) is 0.429. The van der Waals surface area contributed by atoms with E-state index in [1.165, 1.54) is 6.20 Å². The number of anilines is 3. The van der Waals surface area contributed by atoms with E-state index in [1.54, 1.807) is 34.5 Å². The van der Waals surface area contributed by atoms with Crippen LogP contribution in [-0.2, 0) is 4.74 Å². The van der Waals surface area contributed by atoms with Crippen LogP contribution in [0.3, 0.4) is 0 Å². The Labute approximate surface area is 178 Å². The first-order chi connectivity index (χ1) is 15.1. The van der Waals surface area contributed by atoms with Crippen LogP contribution in [0.15, 0.2) is 35.4 Å². The van der Waals surface area contributed by atoms with Crippen molar-refractivity contribution in [2.45, 2.75) is 37.8 Å². The second kappa shape index (κ2) is 8.03. The summed E-state index contributed by atoms with van der Waals surface area (Å²) < 4.78 is 8.70. The molecule has 1 saturated carbocycles. The lowest BCUT2D eigenvalue weighted by Gasteiger charge is -2.26. The van der Waals surface area contributed by atoms with Gasteiger partial charge in [0.1, 0.15) is 22.9 Å². The Kier molecular flexibility index (Phi) is 5.06. The van der Waals surface area contributed by atoms with E-state index >= 15 is 0 Å². The van der Waals surface area contributed by atoms with Gasteiger partial charge in [-0.25, -0.2) is 4.98 Å². The normalized spacial score (nSPS) is 18.7. The highest BCUT2D eigenvalue weighted by atomic mass is 16.5. The average molecular weight is 423 g/mol. The maximum absolute atomic E-state index is 13.0. The van der Waals surface area contributed by atoms with E-state index in [0.29, 0.717) is 41.7 Å². The molecule has 1 saturated heterocycles. The van der Waals surface area contributed by atoms with Crippen molar-refractivity contribution in [1.29, 1.82) is 0 Å². The van der Waals surface area contributed by atoms with Gasteiger partial charge >= 0.3 is 0 Å². The number of amides is 1. The number of hydrogen-bond donors (Lipinski definition) is 3. The molecule has 1 atom stereocenters. The molecule has 4 heterocycles. The quantitative estimate of drug-likeness (QED) is 0.555. The molecule has 162 valence electrons. The number of nitrogens with one attached hydrogen (secondary N) is 3. The summed E-state index contributed by atoms with van der Waals surface area (Å²) in [6.07, 6.45) is 7.25. The van der Waals surface area contributed by atoms with E-state index in [9.17, 15) is 9.59 Å². The summed E-state index contributed by atoms with van der Waals surface area (Å²) >= 11 is 0. The molecule has 0 aromatic carbocycles. The summed E-state index contributed by atoms with van der Waals surface area (Å²) in [4.78, 5) is 30.3. The lowest BCUT2D eigenvalue weighted by Crippen LogP contribution is -2.39. The Bertz CT molecular complexity index is 1180.